The minimum atomic E-state index is -4.39. The Kier molecular flexibility index (Phi) is 27.9. The molecule has 14 nitrogen and oxygen atoms in total. The van der Waals surface area contributed by atoms with Gasteiger partial charge in [0, 0.05) is 70.4 Å². The van der Waals surface area contributed by atoms with E-state index < -0.39 is 85.0 Å². The lowest BCUT2D eigenvalue weighted by Crippen LogP contribution is -2.43. The molecule has 0 spiro atoms. The Labute approximate surface area is 706 Å². The number of carboxylic acids is 2. The van der Waals surface area contributed by atoms with Crippen molar-refractivity contribution in [2.75, 3.05) is 13.2 Å². The van der Waals surface area contributed by atoms with Gasteiger partial charge in [-0.2, -0.15) is 52.7 Å². The molecule has 4 fully saturated rings. The molecule has 0 amide bonds. The summed E-state index contributed by atoms with van der Waals surface area (Å²) < 4.78 is 160. The van der Waals surface area contributed by atoms with Crippen molar-refractivity contribution >= 4 is 143 Å². The lowest BCUT2D eigenvalue weighted by molar-refractivity contribution is -0.149. The maximum absolute atomic E-state index is 12.9. The van der Waals surface area contributed by atoms with Gasteiger partial charge in [0.2, 0.25) is 0 Å². The zero-order valence-corrected chi connectivity index (χ0v) is 68.7. The predicted octanol–water partition coefficient (Wildman–Crippen LogP) is 23.5. The molecule has 4 aliphatic rings. The molecular weight excluding hydrogens is 1720 g/mol. The van der Waals surface area contributed by atoms with Crippen LogP contribution in [0.15, 0.2) is 243 Å². The number of esters is 2. The van der Waals surface area contributed by atoms with Gasteiger partial charge >= 0.3 is 55.7 Å². The first kappa shape index (κ1) is 89.6. The second kappa shape index (κ2) is 37.3. The Morgan fingerprint density at radius 1 is 0.358 bits per heavy atom. The molecule has 0 radical (unpaired) electrons. The first-order valence-corrected chi connectivity index (χ1v) is 41.8. The third-order valence-electron chi connectivity index (χ3n) is 20.9. The van der Waals surface area contributed by atoms with Crippen LogP contribution in [0.25, 0.3) is 77.0 Å². The molecule has 624 valence electrons. The van der Waals surface area contributed by atoms with Crippen molar-refractivity contribution in [1.29, 1.82) is 0 Å². The number of ether oxygens (including phenoxy) is 2. The summed E-state index contributed by atoms with van der Waals surface area (Å²) in [6, 6.07) is 48.8. The molecule has 8 aromatic carbocycles. The number of carboxylic acid groups (broad SMARTS) is 2. The van der Waals surface area contributed by atoms with E-state index in [-0.39, 0.29) is 17.4 Å². The highest BCUT2D eigenvalue weighted by atomic mass is 79.9. The number of carbonyl (C=O) groups excluding carboxylic acids is 2. The summed E-state index contributed by atoms with van der Waals surface area (Å²) in [4.78, 5) is 69.4. The average molecular weight is 1790 g/mol. The number of halogens is 13. The second-order valence-electron chi connectivity index (χ2n) is 28.7. The summed E-state index contributed by atoms with van der Waals surface area (Å²) in [6.07, 6.45) is -1.08. The third kappa shape index (κ3) is 20.9. The van der Waals surface area contributed by atoms with Crippen LogP contribution in [0, 0.1) is 0 Å². The predicted molar refractivity (Wildman–Crippen MR) is 446 cm³/mol. The minimum absolute atomic E-state index is 0.0352. The van der Waals surface area contributed by atoms with Crippen molar-refractivity contribution in [3.05, 3.63) is 246 Å². The zero-order chi connectivity index (χ0) is 86.2. The molecule has 4 heterocycles. The number of thioether (sulfide) groups is 4. The summed E-state index contributed by atoms with van der Waals surface area (Å²) >= 11 is 9.31. The highest BCUT2D eigenvalue weighted by Gasteiger charge is 2.50. The number of fused-ring (bicyclic) bond motifs is 4. The number of hydrogen-bond acceptors (Lipinski definition) is 16. The summed E-state index contributed by atoms with van der Waals surface area (Å²) in [5, 5.41) is 40.0. The summed E-state index contributed by atoms with van der Waals surface area (Å²) in [5.74, 6) is -1.90. The lowest BCUT2D eigenvalue weighted by atomic mass is 9.80. The molecule has 12 aromatic rings. The van der Waals surface area contributed by atoms with E-state index in [4.69, 9.17) is 19.5 Å². The van der Waals surface area contributed by atoms with Crippen LogP contribution in [0.5, 0.6) is 0 Å². The van der Waals surface area contributed by atoms with E-state index in [2.05, 4.69) is 41.9 Å². The Bertz CT molecular complexity index is 5530. The van der Waals surface area contributed by atoms with Crippen LogP contribution in [-0.4, -0.2) is 103 Å². The number of hydrogen-bond donors (Lipinski definition) is 4. The highest BCUT2D eigenvalue weighted by Crippen LogP contribution is 2.54. The molecule has 4 N–H and O–H groups in total. The molecule has 0 aliphatic heterocycles. The molecule has 4 saturated carbocycles. The lowest BCUT2D eigenvalue weighted by Gasteiger charge is -2.38. The first-order chi connectivity index (χ1) is 56.9. The van der Waals surface area contributed by atoms with Gasteiger partial charge in [0.05, 0.1) is 57.5 Å². The van der Waals surface area contributed by atoms with E-state index in [1.54, 1.807) is 67.7 Å². The van der Waals surface area contributed by atoms with Crippen molar-refractivity contribution < 1.29 is 102 Å². The van der Waals surface area contributed by atoms with Gasteiger partial charge in [0.25, 0.3) is 0 Å². The molecular formula is C88H74BBrF12N4O10S4. The van der Waals surface area contributed by atoms with Crippen LogP contribution >= 0.6 is 63.0 Å². The highest BCUT2D eigenvalue weighted by molar-refractivity contribution is 9.10. The van der Waals surface area contributed by atoms with Crippen molar-refractivity contribution in [3.8, 4) is 33.4 Å². The molecule has 4 aromatic heterocycles. The summed E-state index contributed by atoms with van der Waals surface area (Å²) in [5.41, 5.74) is 4.65. The van der Waals surface area contributed by atoms with Gasteiger partial charge in [-0.05, 0) is 245 Å². The van der Waals surface area contributed by atoms with E-state index in [1.165, 1.54) is 71.7 Å². The van der Waals surface area contributed by atoms with E-state index in [0.29, 0.717) is 55.6 Å². The van der Waals surface area contributed by atoms with Crippen molar-refractivity contribution in [3.63, 3.8) is 0 Å². The Balaban J connectivity index is 0.000000141. The first-order valence-electron chi connectivity index (χ1n) is 37.8. The molecule has 0 saturated heterocycles. The van der Waals surface area contributed by atoms with Gasteiger partial charge in [-0.3, -0.25) is 39.1 Å². The van der Waals surface area contributed by atoms with Crippen LogP contribution < -0.4 is 5.46 Å². The van der Waals surface area contributed by atoms with Crippen LogP contribution in [0.3, 0.4) is 0 Å². The maximum Gasteiger partial charge on any atom is 0.488 e. The largest absolute Gasteiger partial charge is 0.488 e. The Hall–Kier alpha value is -9.70. The van der Waals surface area contributed by atoms with E-state index in [9.17, 15) is 82.1 Å². The van der Waals surface area contributed by atoms with Gasteiger partial charge in [-0.25, -0.2) is 0 Å². The van der Waals surface area contributed by atoms with Crippen LogP contribution in [-0.2, 0) is 53.4 Å². The standard InChI is InChI=1S/C23H20F3NO2S.2C21H16F3NO2S.C16H16BrNO2S.C7H6BF3O2/c1-2-29-21(28)22(11-3-12-22)30-20-10-13-27-19-9-6-16(14-18(19)20)15-4-7-17(8-5-15)23(24,25)26;2*22-21(23,24)15-5-2-13(3-6-15)14-4-7-17-16(12-14)18(8-11-25-17)28-20(19(26)27)9-1-10-20;1-2-20-15(19)16(7-3-8-16)21-14-6-9-18-13-5-4-11(17)10-12(13)14;9-7(10,11)5-1-3-6(4-2-5)8(12)13/h4-10,13-14H,2-3,11-12H2,1H3;2*2-8,11-12H,1,9-10H2,(H,26,27);4-6,9-10H,2-3,7-8H2,1H3;1-4,12-13H. The van der Waals surface area contributed by atoms with Crippen molar-refractivity contribution in [2.24, 2.45) is 0 Å². The molecule has 0 unspecified atom stereocenters. The van der Waals surface area contributed by atoms with Gasteiger partial charge in [0.15, 0.2) is 0 Å². The Morgan fingerprint density at radius 2 is 0.600 bits per heavy atom. The van der Waals surface area contributed by atoms with E-state index in [1.807, 2.05) is 73.7 Å². The van der Waals surface area contributed by atoms with Gasteiger partial charge < -0.3 is 29.7 Å². The SMILES string of the molecule is CCOC(=O)C1(Sc2ccnc3ccc(-c4ccc(C(F)(F)F)cc4)cc23)CCC1.CCOC(=O)C1(Sc2ccnc3ccc(Br)cc23)CCC1.O=C(O)C1(Sc2ccnc3ccc(-c4ccc(C(F)(F)F)cc4)cc23)CCC1.O=C(O)C1(Sc2ccnc3ccc(-c4ccc(C(F)(F)F)cc4)cc23)CCC1.OB(O)c1ccc(C(F)(F)F)cc1. The third-order valence-corrected chi connectivity index (χ3v) is 27.6. The van der Waals surface area contributed by atoms with Gasteiger partial charge in [-0.1, -0.05) is 94.8 Å². The van der Waals surface area contributed by atoms with Crippen LogP contribution in [0.2, 0.25) is 0 Å². The monoisotopic (exact) mass is 1790 g/mol. The molecule has 0 atom stereocenters. The zero-order valence-electron chi connectivity index (χ0n) is 63.8. The van der Waals surface area contributed by atoms with Gasteiger partial charge in [-0.15, -0.1) is 47.0 Å². The maximum atomic E-state index is 12.9. The average Bonchev–Trinajstić information content (AvgIpc) is 0.739. The number of pyridine rings is 4. The fourth-order valence-corrected chi connectivity index (χ4v) is 19.6. The van der Waals surface area contributed by atoms with Crippen LogP contribution in [0.4, 0.5) is 52.7 Å². The number of aliphatic carboxylic acids is 2. The summed E-state index contributed by atoms with van der Waals surface area (Å²) in [6.45, 7) is 4.43. The molecule has 120 heavy (non-hydrogen) atoms. The molecule has 16 rings (SSSR count). The number of benzene rings is 8. The molecule has 32 heteroatoms. The number of nitrogens with zero attached hydrogens (tertiary/aromatic N) is 4. The number of alkyl halides is 12. The van der Waals surface area contributed by atoms with E-state index in [0.717, 1.165) is 196 Å². The second-order valence-corrected chi connectivity index (χ2v) is 35.3. The van der Waals surface area contributed by atoms with Crippen LogP contribution in [0.1, 0.15) is 113 Å². The fraction of sp³-hybridized carbons (Fsp3) is 0.273. The normalized spacial score (nSPS) is 15.5. The quantitative estimate of drug-likeness (QED) is 0.0356. The fourth-order valence-electron chi connectivity index (χ4n) is 13.5. The van der Waals surface area contributed by atoms with Gasteiger partial charge in [0.1, 0.15) is 19.0 Å². The van der Waals surface area contributed by atoms with Crippen molar-refractivity contribution in [2.45, 2.75) is 154 Å². The number of aromatic nitrogens is 4. The summed E-state index contributed by atoms with van der Waals surface area (Å²) in [7, 11) is -1.73. The molecule has 0 bridgehead atoms. The Morgan fingerprint density at radius 3 is 0.833 bits per heavy atom. The number of carbonyl (C=O) groups is 4. The topological polar surface area (TPSA) is 219 Å². The minimum Gasteiger partial charge on any atom is -0.480 e. The smallest absolute Gasteiger partial charge is 0.480 e. The number of rotatable bonds is 18. The molecule has 4 aliphatic carbocycles. The van der Waals surface area contributed by atoms with Crippen molar-refractivity contribution in [1.82, 2.24) is 19.9 Å². The van der Waals surface area contributed by atoms with E-state index >= 15 is 0 Å².